The molecule has 0 N–H and O–H groups in total. The van der Waals surface area contributed by atoms with Crippen molar-refractivity contribution in [2.45, 2.75) is 0 Å². The van der Waals surface area contributed by atoms with Gasteiger partial charge in [0.05, 0.1) is 0 Å². The van der Waals surface area contributed by atoms with E-state index in [0.717, 1.165) is 0 Å². The molecule has 0 aromatic heterocycles. The van der Waals surface area contributed by atoms with E-state index >= 15 is 0 Å². The van der Waals surface area contributed by atoms with Gasteiger partial charge in [-0.3, -0.25) is 9.59 Å². The summed E-state index contributed by atoms with van der Waals surface area (Å²) in [5.41, 5.74) is -0.906. The number of rotatable bonds is 2. The van der Waals surface area contributed by atoms with Crippen LogP contribution >= 0.6 is 23.2 Å². The van der Waals surface area contributed by atoms with E-state index in [1.165, 1.54) is 0 Å². The molecule has 0 amide bonds. The molecule has 0 radical (unpaired) electrons. The van der Waals surface area contributed by atoms with E-state index in [0.29, 0.717) is 12.1 Å². The molecule has 0 saturated carbocycles. The smallest absolute Gasteiger partial charge is 0.253 e. The highest BCUT2D eigenvalue weighted by Gasteiger charge is 2.18. The second-order valence-corrected chi connectivity index (χ2v) is 3.05. The van der Waals surface area contributed by atoms with Gasteiger partial charge in [-0.1, -0.05) is 0 Å². The molecular formula is C8H2Cl2F2O2. The highest BCUT2D eigenvalue weighted by Crippen LogP contribution is 2.18. The largest absolute Gasteiger partial charge is 0.276 e. The molecule has 0 aliphatic carbocycles. The van der Waals surface area contributed by atoms with E-state index in [2.05, 4.69) is 0 Å². The fourth-order valence-corrected chi connectivity index (χ4v) is 1.18. The van der Waals surface area contributed by atoms with Gasteiger partial charge in [0.2, 0.25) is 0 Å². The summed E-state index contributed by atoms with van der Waals surface area (Å²) in [5.74, 6) is -2.54. The quantitative estimate of drug-likeness (QED) is 0.743. The van der Waals surface area contributed by atoms with E-state index in [9.17, 15) is 18.4 Å². The summed E-state index contributed by atoms with van der Waals surface area (Å²) >= 11 is 10.1. The van der Waals surface area contributed by atoms with E-state index in [4.69, 9.17) is 23.2 Å². The van der Waals surface area contributed by atoms with Gasteiger partial charge >= 0.3 is 0 Å². The zero-order valence-electron chi connectivity index (χ0n) is 6.48. The molecule has 0 fully saturated rings. The summed E-state index contributed by atoms with van der Waals surface area (Å²) in [6, 6.07) is 1.06. The Balaban J connectivity index is 3.46. The monoisotopic (exact) mass is 238 g/mol. The average molecular weight is 239 g/mol. The molecule has 0 saturated heterocycles. The summed E-state index contributed by atoms with van der Waals surface area (Å²) < 4.78 is 25.3. The Morgan fingerprint density at radius 2 is 1.21 bits per heavy atom. The minimum absolute atomic E-state index is 0.453. The Hall–Kier alpha value is -1.000. The Morgan fingerprint density at radius 3 is 1.43 bits per heavy atom. The van der Waals surface area contributed by atoms with Crippen molar-refractivity contribution < 1.29 is 18.4 Å². The van der Waals surface area contributed by atoms with Crippen LogP contribution in [0.1, 0.15) is 20.7 Å². The predicted octanol–water partition coefficient (Wildman–Crippen LogP) is 2.72. The first-order valence-corrected chi connectivity index (χ1v) is 4.07. The first-order valence-electron chi connectivity index (χ1n) is 3.32. The van der Waals surface area contributed by atoms with Crippen LogP contribution in [0, 0.1) is 11.6 Å². The van der Waals surface area contributed by atoms with Gasteiger partial charge in [-0.05, 0) is 35.3 Å². The van der Waals surface area contributed by atoms with Crippen molar-refractivity contribution in [3.63, 3.8) is 0 Å². The van der Waals surface area contributed by atoms with Crippen molar-refractivity contribution in [3.05, 3.63) is 34.9 Å². The highest BCUT2D eigenvalue weighted by atomic mass is 35.5. The van der Waals surface area contributed by atoms with Crippen molar-refractivity contribution in [2.24, 2.45) is 0 Å². The topological polar surface area (TPSA) is 34.1 Å². The molecule has 2 nitrogen and oxygen atoms in total. The Bertz CT molecular complexity index is 379. The summed E-state index contributed by atoms with van der Waals surface area (Å²) in [5, 5.41) is -2.15. The lowest BCUT2D eigenvalue weighted by Crippen LogP contribution is -2.03. The number of hydrogen-bond donors (Lipinski definition) is 0. The zero-order chi connectivity index (χ0) is 10.9. The van der Waals surface area contributed by atoms with Crippen molar-refractivity contribution in [3.8, 4) is 0 Å². The van der Waals surface area contributed by atoms with Gasteiger partial charge in [0.25, 0.3) is 10.5 Å². The molecule has 0 unspecified atom stereocenters. The minimum atomic E-state index is -1.27. The third-order valence-corrected chi connectivity index (χ3v) is 1.89. The maximum Gasteiger partial charge on any atom is 0.253 e. The molecule has 0 bridgehead atoms. The van der Waals surface area contributed by atoms with Gasteiger partial charge in [0.1, 0.15) is 0 Å². The first kappa shape index (κ1) is 11.1. The van der Waals surface area contributed by atoms with E-state index in [-0.39, 0.29) is 0 Å². The third-order valence-electron chi connectivity index (χ3n) is 1.48. The summed E-state index contributed by atoms with van der Waals surface area (Å²) in [6.07, 6.45) is 0. The zero-order valence-corrected chi connectivity index (χ0v) is 7.99. The molecule has 6 heteroatoms. The maximum absolute atomic E-state index is 12.6. The summed E-state index contributed by atoms with van der Waals surface area (Å²) in [4.78, 5) is 21.4. The average Bonchev–Trinajstić information content (AvgIpc) is 2.08. The van der Waals surface area contributed by atoms with Crippen LogP contribution in [0.2, 0.25) is 0 Å². The molecule has 0 heterocycles. The molecule has 0 spiro atoms. The van der Waals surface area contributed by atoms with Crippen LogP contribution in [0.5, 0.6) is 0 Å². The SMILES string of the molecule is O=C(Cl)c1cc(F)c(F)cc1C(=O)Cl. The fourth-order valence-electron chi connectivity index (χ4n) is 0.872. The van der Waals surface area contributed by atoms with Crippen LogP contribution in [0.25, 0.3) is 0 Å². The van der Waals surface area contributed by atoms with Crippen molar-refractivity contribution >= 4 is 33.7 Å². The molecule has 0 atom stereocenters. The van der Waals surface area contributed by atoms with Crippen molar-refractivity contribution in [1.82, 2.24) is 0 Å². The molecule has 1 rings (SSSR count). The lowest BCUT2D eigenvalue weighted by molar-refractivity contribution is 0.105. The minimum Gasteiger partial charge on any atom is -0.276 e. The number of carbonyl (C=O) groups is 2. The van der Waals surface area contributed by atoms with Gasteiger partial charge in [-0.15, -0.1) is 0 Å². The summed E-state index contributed by atoms with van der Waals surface area (Å²) in [7, 11) is 0. The lowest BCUT2D eigenvalue weighted by atomic mass is 10.1. The predicted molar refractivity (Wildman–Crippen MR) is 46.7 cm³/mol. The number of carbonyl (C=O) groups excluding carboxylic acids is 2. The second-order valence-electron chi connectivity index (χ2n) is 2.36. The maximum atomic E-state index is 12.6. The highest BCUT2D eigenvalue weighted by molar-refractivity contribution is 6.71. The second kappa shape index (κ2) is 4.02. The molecule has 0 aliphatic rings. The molecule has 0 aliphatic heterocycles. The number of halogens is 4. The van der Waals surface area contributed by atoms with Crippen molar-refractivity contribution in [1.29, 1.82) is 0 Å². The van der Waals surface area contributed by atoms with Gasteiger partial charge in [-0.25, -0.2) is 8.78 Å². The number of benzene rings is 1. The molecule has 1 aromatic rings. The van der Waals surface area contributed by atoms with Crippen LogP contribution in [-0.2, 0) is 0 Å². The van der Waals surface area contributed by atoms with E-state index < -0.39 is 33.2 Å². The van der Waals surface area contributed by atoms with Crippen LogP contribution in [0.3, 0.4) is 0 Å². The fraction of sp³-hybridized carbons (Fsp3) is 0. The van der Waals surface area contributed by atoms with Crippen LogP contribution < -0.4 is 0 Å². The first-order chi connectivity index (χ1) is 6.43. The standard InChI is InChI=1S/C8H2Cl2F2O2/c9-7(13)3-1-5(11)6(12)2-4(3)8(10)14/h1-2H. The third kappa shape index (κ3) is 2.08. The Morgan fingerprint density at radius 1 is 0.929 bits per heavy atom. The Kier molecular flexibility index (Phi) is 3.18. The molecular weight excluding hydrogens is 237 g/mol. The normalized spacial score (nSPS) is 10.0. The van der Waals surface area contributed by atoms with E-state index in [1.807, 2.05) is 0 Å². The van der Waals surface area contributed by atoms with Crippen LogP contribution in [0.4, 0.5) is 8.78 Å². The van der Waals surface area contributed by atoms with Gasteiger partial charge in [-0.2, -0.15) is 0 Å². The Labute approximate surface area is 87.4 Å². The van der Waals surface area contributed by atoms with Crippen LogP contribution in [0.15, 0.2) is 12.1 Å². The molecule has 1 aromatic carbocycles. The lowest BCUT2D eigenvalue weighted by Gasteiger charge is -2.01. The van der Waals surface area contributed by atoms with Gasteiger partial charge in [0.15, 0.2) is 11.6 Å². The van der Waals surface area contributed by atoms with Gasteiger partial charge in [0, 0.05) is 11.1 Å². The number of hydrogen-bond acceptors (Lipinski definition) is 2. The van der Waals surface area contributed by atoms with Crippen molar-refractivity contribution in [2.75, 3.05) is 0 Å². The molecule has 74 valence electrons. The van der Waals surface area contributed by atoms with Crippen LogP contribution in [-0.4, -0.2) is 10.5 Å². The van der Waals surface area contributed by atoms with E-state index in [1.54, 1.807) is 0 Å². The van der Waals surface area contributed by atoms with Gasteiger partial charge < -0.3 is 0 Å². The summed E-state index contributed by atoms with van der Waals surface area (Å²) in [6.45, 7) is 0. The molecule has 14 heavy (non-hydrogen) atoms.